The topological polar surface area (TPSA) is 77.4 Å². The molecule has 1 amide bonds. The summed E-state index contributed by atoms with van der Waals surface area (Å²) in [5.74, 6) is 0.163. The lowest BCUT2D eigenvalue weighted by atomic mass is 9.97. The van der Waals surface area contributed by atoms with Gasteiger partial charge in [0.25, 0.3) is 5.91 Å². The standard InChI is InChI=1S/C21H15BrClF3N4O3/c22-11-3-1-10(2-4-11)13-8-16(21(24,25)26)30-19(28-13)17(23)18(29-30)20(31)27-12-5-6-14-15(7-12)33-9-32-14/h1-7,13,16,28H,8-9H2,(H,27,31)/t13-,16+/m1/s1. The maximum absolute atomic E-state index is 13.9. The van der Waals surface area contributed by atoms with Gasteiger partial charge in [0, 0.05) is 22.6 Å². The third kappa shape index (κ3) is 4.10. The van der Waals surface area contributed by atoms with Crippen LogP contribution in [0.2, 0.25) is 5.02 Å². The Morgan fingerprint density at radius 2 is 1.91 bits per heavy atom. The van der Waals surface area contributed by atoms with E-state index in [0.29, 0.717) is 22.7 Å². The first-order valence-electron chi connectivity index (χ1n) is 9.78. The van der Waals surface area contributed by atoms with Crippen LogP contribution in [-0.4, -0.2) is 28.7 Å². The molecule has 0 radical (unpaired) electrons. The number of aromatic nitrogens is 2. The number of amides is 1. The van der Waals surface area contributed by atoms with Crippen molar-refractivity contribution in [3.8, 4) is 11.5 Å². The Labute approximate surface area is 198 Å². The molecule has 2 atom stereocenters. The van der Waals surface area contributed by atoms with Gasteiger partial charge in [-0.2, -0.15) is 18.3 Å². The molecule has 1 aromatic heterocycles. The van der Waals surface area contributed by atoms with E-state index in [1.807, 2.05) is 0 Å². The predicted molar refractivity (Wildman–Crippen MR) is 118 cm³/mol. The third-order valence-electron chi connectivity index (χ3n) is 5.41. The fourth-order valence-corrected chi connectivity index (χ4v) is 4.34. The molecule has 2 aliphatic rings. The van der Waals surface area contributed by atoms with Crippen LogP contribution < -0.4 is 20.1 Å². The second-order valence-electron chi connectivity index (χ2n) is 7.52. The van der Waals surface area contributed by atoms with Crippen molar-refractivity contribution in [2.24, 2.45) is 0 Å². The smallest absolute Gasteiger partial charge is 0.410 e. The zero-order valence-corrected chi connectivity index (χ0v) is 19.0. The van der Waals surface area contributed by atoms with Crippen LogP contribution in [-0.2, 0) is 0 Å². The Kier molecular flexibility index (Phi) is 5.40. The van der Waals surface area contributed by atoms with E-state index in [1.54, 1.807) is 42.5 Å². The minimum atomic E-state index is -4.59. The third-order valence-corrected chi connectivity index (χ3v) is 6.30. The number of fused-ring (bicyclic) bond motifs is 2. The van der Waals surface area contributed by atoms with E-state index in [9.17, 15) is 18.0 Å². The summed E-state index contributed by atoms with van der Waals surface area (Å²) in [4.78, 5) is 12.8. The van der Waals surface area contributed by atoms with Crippen LogP contribution in [0.15, 0.2) is 46.9 Å². The van der Waals surface area contributed by atoms with Gasteiger partial charge in [0.05, 0.1) is 6.04 Å². The van der Waals surface area contributed by atoms with E-state index in [1.165, 1.54) is 0 Å². The highest BCUT2D eigenvalue weighted by molar-refractivity contribution is 9.10. The fourth-order valence-electron chi connectivity index (χ4n) is 3.81. The molecule has 0 spiro atoms. The van der Waals surface area contributed by atoms with Gasteiger partial charge in [0.1, 0.15) is 10.8 Å². The van der Waals surface area contributed by atoms with E-state index in [4.69, 9.17) is 21.1 Å². The lowest BCUT2D eigenvalue weighted by molar-refractivity contribution is -0.173. The quantitative estimate of drug-likeness (QED) is 0.428. The first-order valence-corrected chi connectivity index (χ1v) is 11.0. The van der Waals surface area contributed by atoms with Crippen LogP contribution in [0.5, 0.6) is 11.5 Å². The van der Waals surface area contributed by atoms with E-state index in [-0.39, 0.29) is 29.7 Å². The van der Waals surface area contributed by atoms with Crippen molar-refractivity contribution in [3.05, 3.63) is 63.2 Å². The summed E-state index contributed by atoms with van der Waals surface area (Å²) in [6.07, 6.45) is -4.90. The van der Waals surface area contributed by atoms with Crippen LogP contribution in [0, 0.1) is 0 Å². The number of nitrogens with zero attached hydrogens (tertiary/aromatic N) is 2. The van der Waals surface area contributed by atoms with Crippen molar-refractivity contribution in [1.29, 1.82) is 0 Å². The zero-order chi connectivity index (χ0) is 23.3. The summed E-state index contributed by atoms with van der Waals surface area (Å²) in [5, 5.41) is 9.35. The van der Waals surface area contributed by atoms with Gasteiger partial charge in [0.2, 0.25) is 6.79 Å². The molecule has 3 aromatic rings. The molecule has 7 nitrogen and oxygen atoms in total. The number of halogens is 5. The highest BCUT2D eigenvalue weighted by atomic mass is 79.9. The van der Waals surface area contributed by atoms with Crippen molar-refractivity contribution < 1.29 is 27.4 Å². The monoisotopic (exact) mass is 542 g/mol. The largest absolute Gasteiger partial charge is 0.454 e. The minimum absolute atomic E-state index is 0.0611. The molecule has 2 N–H and O–H groups in total. The summed E-state index contributed by atoms with van der Waals surface area (Å²) >= 11 is 9.68. The molecular weight excluding hydrogens is 529 g/mol. The molecular formula is C21H15BrClF3N4O3. The van der Waals surface area contributed by atoms with Crippen LogP contribution in [0.4, 0.5) is 24.7 Å². The SMILES string of the molecule is O=C(Nc1ccc2c(c1)OCO2)c1nn2c(c1Cl)N[C@@H](c1ccc(Br)cc1)C[C@H]2C(F)(F)F. The summed E-state index contributed by atoms with van der Waals surface area (Å²) < 4.78 is 53.8. The summed E-state index contributed by atoms with van der Waals surface area (Å²) in [5.41, 5.74) is 0.698. The summed E-state index contributed by atoms with van der Waals surface area (Å²) in [7, 11) is 0. The van der Waals surface area contributed by atoms with Gasteiger partial charge >= 0.3 is 6.18 Å². The van der Waals surface area contributed by atoms with Crippen molar-refractivity contribution in [2.45, 2.75) is 24.7 Å². The normalized spacial score (nSPS) is 19.1. The molecule has 2 aromatic carbocycles. The van der Waals surface area contributed by atoms with Gasteiger partial charge in [-0.25, -0.2) is 4.68 Å². The number of carbonyl (C=O) groups is 1. The van der Waals surface area contributed by atoms with Gasteiger partial charge in [-0.05, 0) is 29.8 Å². The Morgan fingerprint density at radius 1 is 1.18 bits per heavy atom. The van der Waals surface area contributed by atoms with Gasteiger partial charge in [-0.15, -0.1) is 0 Å². The van der Waals surface area contributed by atoms with E-state index < -0.39 is 24.2 Å². The van der Waals surface area contributed by atoms with Crippen LogP contribution in [0.25, 0.3) is 0 Å². The number of nitrogens with one attached hydrogen (secondary N) is 2. The molecule has 0 bridgehead atoms. The van der Waals surface area contributed by atoms with Gasteiger partial charge in [-0.3, -0.25) is 4.79 Å². The number of hydrogen-bond donors (Lipinski definition) is 2. The lowest BCUT2D eigenvalue weighted by Crippen LogP contribution is -2.35. The van der Waals surface area contributed by atoms with Gasteiger partial charge in [0.15, 0.2) is 23.2 Å². The Morgan fingerprint density at radius 3 is 2.64 bits per heavy atom. The second kappa shape index (κ2) is 8.14. The lowest BCUT2D eigenvalue weighted by Gasteiger charge is -2.33. The Balaban J connectivity index is 1.47. The number of rotatable bonds is 3. The molecule has 172 valence electrons. The first-order chi connectivity index (χ1) is 15.7. The van der Waals surface area contributed by atoms with E-state index >= 15 is 0 Å². The fraction of sp³-hybridized carbons (Fsp3) is 0.238. The molecule has 0 fully saturated rings. The average Bonchev–Trinajstić information content (AvgIpc) is 3.37. The minimum Gasteiger partial charge on any atom is -0.454 e. The number of carbonyl (C=O) groups excluding carboxylic acids is 1. The molecule has 2 aliphatic heterocycles. The molecule has 12 heteroatoms. The van der Waals surface area contributed by atoms with Crippen LogP contribution in [0.1, 0.15) is 34.6 Å². The number of benzene rings is 2. The highest BCUT2D eigenvalue weighted by Crippen LogP contribution is 2.46. The van der Waals surface area contributed by atoms with Crippen molar-refractivity contribution >= 4 is 44.9 Å². The van der Waals surface area contributed by atoms with Crippen molar-refractivity contribution in [1.82, 2.24) is 9.78 Å². The molecule has 33 heavy (non-hydrogen) atoms. The molecule has 0 unspecified atom stereocenters. The number of hydrogen-bond acceptors (Lipinski definition) is 5. The number of alkyl halides is 3. The summed E-state index contributed by atoms with van der Waals surface area (Å²) in [6.45, 7) is 0.0658. The summed E-state index contributed by atoms with van der Waals surface area (Å²) in [6, 6.07) is 9.06. The van der Waals surface area contributed by atoms with Crippen LogP contribution >= 0.6 is 27.5 Å². The number of ether oxygens (including phenoxy) is 2. The second-order valence-corrected chi connectivity index (χ2v) is 8.81. The Bertz CT molecular complexity index is 1230. The highest BCUT2D eigenvalue weighted by Gasteiger charge is 2.47. The zero-order valence-electron chi connectivity index (χ0n) is 16.6. The molecule has 0 saturated carbocycles. The predicted octanol–water partition coefficient (Wildman–Crippen LogP) is 5.94. The van der Waals surface area contributed by atoms with E-state index in [2.05, 4.69) is 31.7 Å². The van der Waals surface area contributed by atoms with Gasteiger partial charge in [-0.1, -0.05) is 39.7 Å². The maximum atomic E-state index is 13.9. The first kappa shape index (κ1) is 21.9. The maximum Gasteiger partial charge on any atom is 0.410 e. The number of anilines is 2. The van der Waals surface area contributed by atoms with Crippen molar-refractivity contribution in [3.63, 3.8) is 0 Å². The molecule has 5 rings (SSSR count). The van der Waals surface area contributed by atoms with Crippen LogP contribution in [0.3, 0.4) is 0 Å². The average molecular weight is 544 g/mol. The van der Waals surface area contributed by atoms with Gasteiger partial charge < -0.3 is 20.1 Å². The molecule has 3 heterocycles. The van der Waals surface area contributed by atoms with E-state index in [0.717, 1.165) is 9.15 Å². The molecule has 0 saturated heterocycles. The Hall–Kier alpha value is -2.92. The van der Waals surface area contributed by atoms with Crippen molar-refractivity contribution in [2.75, 3.05) is 17.4 Å². The molecule has 0 aliphatic carbocycles.